The van der Waals surface area contributed by atoms with Gasteiger partial charge in [-0.1, -0.05) is 23.7 Å². The predicted molar refractivity (Wildman–Crippen MR) is 96.0 cm³/mol. The van der Waals surface area contributed by atoms with Gasteiger partial charge in [0.15, 0.2) is 11.5 Å². The minimum Gasteiger partial charge on any atom is -0.493 e. The molecule has 0 saturated heterocycles. The lowest BCUT2D eigenvalue weighted by molar-refractivity contribution is 0.238. The Morgan fingerprint density at radius 2 is 2.09 bits per heavy atom. The molecule has 0 spiro atoms. The molecule has 1 aromatic carbocycles. The maximum absolute atomic E-state index is 5.74. The molecule has 0 fully saturated rings. The highest BCUT2D eigenvalue weighted by atomic mass is 35.5. The van der Waals surface area contributed by atoms with E-state index in [4.69, 9.17) is 21.1 Å². The highest BCUT2D eigenvalue weighted by molar-refractivity contribution is 7.10. The molecule has 0 radical (unpaired) electrons. The molecule has 3 nitrogen and oxygen atoms in total. The SMILES string of the molecule is COc1cc2c(cc1OC)[C@H](c1cccs1)N(C/C=C/Cl)CC2. The van der Waals surface area contributed by atoms with E-state index in [-0.39, 0.29) is 6.04 Å². The van der Waals surface area contributed by atoms with Crippen LogP contribution in [0.1, 0.15) is 22.0 Å². The molecule has 122 valence electrons. The van der Waals surface area contributed by atoms with Gasteiger partial charge in [-0.2, -0.15) is 0 Å². The molecule has 1 aromatic heterocycles. The van der Waals surface area contributed by atoms with Crippen molar-refractivity contribution < 1.29 is 9.47 Å². The van der Waals surface area contributed by atoms with Gasteiger partial charge in [-0.3, -0.25) is 4.90 Å². The summed E-state index contributed by atoms with van der Waals surface area (Å²) >= 11 is 7.52. The first-order valence-electron chi connectivity index (χ1n) is 7.56. The normalized spacial score (nSPS) is 18.1. The molecule has 0 aliphatic carbocycles. The molecule has 0 unspecified atom stereocenters. The number of halogens is 1. The van der Waals surface area contributed by atoms with E-state index in [1.807, 2.05) is 6.08 Å². The van der Waals surface area contributed by atoms with Gasteiger partial charge in [0.1, 0.15) is 0 Å². The number of rotatable bonds is 5. The molecule has 1 aliphatic heterocycles. The molecule has 23 heavy (non-hydrogen) atoms. The van der Waals surface area contributed by atoms with Crippen molar-refractivity contribution >= 4 is 22.9 Å². The number of methoxy groups -OCH3 is 2. The zero-order chi connectivity index (χ0) is 16.2. The van der Waals surface area contributed by atoms with Crippen LogP contribution in [-0.2, 0) is 6.42 Å². The first kappa shape index (κ1) is 16.4. The average Bonchev–Trinajstić information content (AvgIpc) is 3.12. The maximum Gasteiger partial charge on any atom is 0.161 e. The molecule has 2 heterocycles. The van der Waals surface area contributed by atoms with Gasteiger partial charge in [0, 0.05) is 23.5 Å². The first-order valence-corrected chi connectivity index (χ1v) is 8.87. The number of hydrogen-bond acceptors (Lipinski definition) is 4. The number of hydrogen-bond donors (Lipinski definition) is 0. The Bertz CT molecular complexity index is 685. The Hall–Kier alpha value is -1.49. The molecule has 0 amide bonds. The second-order valence-corrected chi connectivity index (χ2v) is 6.66. The van der Waals surface area contributed by atoms with Crippen LogP contribution in [0, 0.1) is 0 Å². The van der Waals surface area contributed by atoms with Crippen LogP contribution in [0.5, 0.6) is 11.5 Å². The molecular formula is C18H20ClNO2S. The lowest BCUT2D eigenvalue weighted by atomic mass is 9.91. The van der Waals surface area contributed by atoms with Gasteiger partial charge >= 0.3 is 0 Å². The van der Waals surface area contributed by atoms with Crippen molar-refractivity contribution in [2.45, 2.75) is 12.5 Å². The van der Waals surface area contributed by atoms with Crippen LogP contribution in [0.3, 0.4) is 0 Å². The van der Waals surface area contributed by atoms with E-state index in [1.54, 1.807) is 31.1 Å². The van der Waals surface area contributed by atoms with Gasteiger partial charge in [0.05, 0.1) is 20.3 Å². The highest BCUT2D eigenvalue weighted by Gasteiger charge is 2.30. The van der Waals surface area contributed by atoms with Crippen LogP contribution in [0.4, 0.5) is 0 Å². The van der Waals surface area contributed by atoms with E-state index in [9.17, 15) is 0 Å². The third kappa shape index (κ3) is 3.25. The fraction of sp³-hybridized carbons (Fsp3) is 0.333. The molecule has 1 aliphatic rings. The largest absolute Gasteiger partial charge is 0.493 e. The Morgan fingerprint density at radius 1 is 1.30 bits per heavy atom. The van der Waals surface area contributed by atoms with Crippen molar-refractivity contribution in [2.75, 3.05) is 27.3 Å². The minimum absolute atomic E-state index is 0.228. The van der Waals surface area contributed by atoms with Crippen LogP contribution in [0.2, 0.25) is 0 Å². The summed E-state index contributed by atoms with van der Waals surface area (Å²) in [6.07, 6.45) is 2.99. The Labute approximate surface area is 146 Å². The Balaban J connectivity index is 2.08. The summed E-state index contributed by atoms with van der Waals surface area (Å²) in [6, 6.07) is 8.76. The fourth-order valence-electron chi connectivity index (χ4n) is 3.15. The minimum atomic E-state index is 0.228. The summed E-state index contributed by atoms with van der Waals surface area (Å²) in [7, 11) is 3.36. The van der Waals surface area contributed by atoms with Crippen molar-refractivity contribution in [3.63, 3.8) is 0 Å². The molecular weight excluding hydrogens is 330 g/mol. The summed E-state index contributed by atoms with van der Waals surface area (Å²) in [5, 5.41) is 2.12. The smallest absolute Gasteiger partial charge is 0.161 e. The lowest BCUT2D eigenvalue weighted by Gasteiger charge is -2.36. The number of fused-ring (bicyclic) bond motifs is 1. The summed E-state index contributed by atoms with van der Waals surface area (Å²) in [4.78, 5) is 3.78. The number of thiophene rings is 1. The number of nitrogens with zero attached hydrogens (tertiary/aromatic N) is 1. The molecule has 1 atom stereocenters. The van der Waals surface area contributed by atoms with Crippen LogP contribution >= 0.6 is 22.9 Å². The summed E-state index contributed by atoms with van der Waals surface area (Å²) in [5.41, 5.74) is 4.21. The van der Waals surface area contributed by atoms with Gasteiger partial charge < -0.3 is 9.47 Å². The van der Waals surface area contributed by atoms with E-state index >= 15 is 0 Å². The van der Waals surface area contributed by atoms with Gasteiger partial charge in [-0.05, 0) is 41.1 Å². The molecule has 0 N–H and O–H groups in total. The van der Waals surface area contributed by atoms with Gasteiger partial charge in [0.25, 0.3) is 0 Å². The van der Waals surface area contributed by atoms with E-state index in [0.29, 0.717) is 0 Å². The molecule has 2 aromatic rings. The van der Waals surface area contributed by atoms with E-state index in [2.05, 4.69) is 34.5 Å². The average molecular weight is 350 g/mol. The van der Waals surface area contributed by atoms with Crippen molar-refractivity contribution in [3.05, 3.63) is 57.3 Å². The van der Waals surface area contributed by atoms with Crippen molar-refractivity contribution in [3.8, 4) is 11.5 Å². The van der Waals surface area contributed by atoms with E-state index in [0.717, 1.165) is 31.0 Å². The van der Waals surface area contributed by atoms with Crippen LogP contribution in [0.15, 0.2) is 41.3 Å². The topological polar surface area (TPSA) is 21.7 Å². The third-order valence-corrected chi connectivity index (χ3v) is 5.32. The summed E-state index contributed by atoms with van der Waals surface area (Å²) < 4.78 is 11.0. The maximum atomic E-state index is 5.74. The summed E-state index contributed by atoms with van der Waals surface area (Å²) in [5.74, 6) is 1.58. The van der Waals surface area contributed by atoms with Crippen LogP contribution < -0.4 is 9.47 Å². The standard InChI is InChI=1S/C18H20ClNO2S/c1-21-15-11-13-6-9-20(8-4-7-19)18(17-5-3-10-23-17)14(13)12-16(15)22-2/h3-5,7,10-12,18H,6,8-9H2,1-2H3/b7-4+/t18-/m1/s1. The second-order valence-electron chi connectivity index (χ2n) is 5.43. The highest BCUT2D eigenvalue weighted by Crippen LogP contribution is 2.42. The van der Waals surface area contributed by atoms with Crippen molar-refractivity contribution in [2.24, 2.45) is 0 Å². The Kier molecular flexibility index (Phi) is 5.26. The van der Waals surface area contributed by atoms with Crippen LogP contribution in [0.25, 0.3) is 0 Å². The van der Waals surface area contributed by atoms with Crippen LogP contribution in [-0.4, -0.2) is 32.2 Å². The quantitative estimate of drug-likeness (QED) is 0.795. The number of benzene rings is 1. The molecule has 0 saturated carbocycles. The van der Waals surface area contributed by atoms with Crippen molar-refractivity contribution in [1.82, 2.24) is 4.90 Å². The molecule has 3 rings (SSSR count). The zero-order valence-corrected chi connectivity index (χ0v) is 14.9. The zero-order valence-electron chi connectivity index (χ0n) is 13.3. The van der Waals surface area contributed by atoms with E-state index in [1.165, 1.54) is 16.0 Å². The van der Waals surface area contributed by atoms with Gasteiger partial charge in [0.2, 0.25) is 0 Å². The predicted octanol–water partition coefficient (Wildman–Crippen LogP) is 4.47. The number of ether oxygens (including phenoxy) is 2. The van der Waals surface area contributed by atoms with E-state index < -0.39 is 0 Å². The lowest BCUT2D eigenvalue weighted by Crippen LogP contribution is -2.35. The fourth-order valence-corrected chi connectivity index (χ4v) is 4.11. The third-order valence-electron chi connectivity index (χ3n) is 4.22. The summed E-state index contributed by atoms with van der Waals surface area (Å²) in [6.45, 7) is 1.83. The Morgan fingerprint density at radius 3 is 2.74 bits per heavy atom. The van der Waals surface area contributed by atoms with Crippen molar-refractivity contribution in [1.29, 1.82) is 0 Å². The van der Waals surface area contributed by atoms with Gasteiger partial charge in [-0.15, -0.1) is 11.3 Å². The molecule has 5 heteroatoms. The second kappa shape index (κ2) is 7.39. The first-order chi connectivity index (χ1) is 11.3. The monoisotopic (exact) mass is 349 g/mol. The molecule has 0 bridgehead atoms. The van der Waals surface area contributed by atoms with Gasteiger partial charge in [-0.25, -0.2) is 0 Å².